The van der Waals surface area contributed by atoms with E-state index in [-0.39, 0.29) is 0 Å². The molecule has 2 aromatic carbocycles. The van der Waals surface area contributed by atoms with Gasteiger partial charge in [-0.15, -0.1) is 0 Å². The fraction of sp³-hybridized carbons (Fsp3) is 0.292. The van der Waals surface area contributed by atoms with E-state index in [2.05, 4.69) is 4.90 Å². The standard InChI is InChI=1S/C24H23F3N2O2/c1-17-5-6-19(16-30)22(13-17)18-7-8-29(23(14-18)28-9-11-31-12-10-28)21-4-2-3-20(15-21)24(25,26)27/h2-7,13-16H,8-12H2,1H3. The zero-order chi connectivity index (χ0) is 22.0. The van der Waals surface area contributed by atoms with Gasteiger partial charge in [0.05, 0.1) is 18.8 Å². The van der Waals surface area contributed by atoms with Gasteiger partial charge in [-0.1, -0.05) is 35.9 Å². The van der Waals surface area contributed by atoms with Gasteiger partial charge in [0, 0.05) is 30.9 Å². The Bertz CT molecular complexity index is 1040. The summed E-state index contributed by atoms with van der Waals surface area (Å²) in [5, 5.41) is 0. The Morgan fingerprint density at radius 2 is 1.84 bits per heavy atom. The van der Waals surface area contributed by atoms with E-state index in [1.165, 1.54) is 12.1 Å². The minimum Gasteiger partial charge on any atom is -0.378 e. The van der Waals surface area contributed by atoms with Gasteiger partial charge >= 0.3 is 6.18 Å². The van der Waals surface area contributed by atoms with Gasteiger partial charge in [0.15, 0.2) is 6.29 Å². The Hall–Kier alpha value is -3.06. The predicted octanol–water partition coefficient (Wildman–Crippen LogP) is 4.90. The Morgan fingerprint density at radius 1 is 1.06 bits per heavy atom. The minimum atomic E-state index is -4.41. The third-order valence-electron chi connectivity index (χ3n) is 5.52. The van der Waals surface area contributed by atoms with Crippen molar-refractivity contribution in [3.8, 4) is 0 Å². The van der Waals surface area contributed by atoms with Crippen molar-refractivity contribution < 1.29 is 22.7 Å². The average Bonchev–Trinajstić information content (AvgIpc) is 2.79. The number of halogens is 3. The van der Waals surface area contributed by atoms with E-state index in [9.17, 15) is 18.0 Å². The van der Waals surface area contributed by atoms with E-state index in [0.717, 1.165) is 34.9 Å². The molecule has 2 aromatic rings. The summed E-state index contributed by atoms with van der Waals surface area (Å²) >= 11 is 0. The lowest BCUT2D eigenvalue weighted by Crippen LogP contribution is -2.43. The topological polar surface area (TPSA) is 32.8 Å². The lowest BCUT2D eigenvalue weighted by atomic mass is 9.95. The van der Waals surface area contributed by atoms with Crippen LogP contribution < -0.4 is 4.90 Å². The molecule has 0 amide bonds. The van der Waals surface area contributed by atoms with Crippen LogP contribution in [0.1, 0.15) is 27.0 Å². The van der Waals surface area contributed by atoms with E-state index >= 15 is 0 Å². The van der Waals surface area contributed by atoms with Crippen LogP contribution in [0.15, 0.2) is 60.4 Å². The number of nitrogens with zero attached hydrogens (tertiary/aromatic N) is 2. The second kappa shape index (κ2) is 8.59. The Morgan fingerprint density at radius 3 is 2.55 bits per heavy atom. The highest BCUT2D eigenvalue weighted by molar-refractivity contribution is 5.90. The van der Waals surface area contributed by atoms with Crippen LogP contribution in [-0.2, 0) is 10.9 Å². The summed E-state index contributed by atoms with van der Waals surface area (Å²) in [4.78, 5) is 15.6. The number of hydrogen-bond donors (Lipinski definition) is 0. The number of benzene rings is 2. The quantitative estimate of drug-likeness (QED) is 0.649. The van der Waals surface area contributed by atoms with E-state index in [4.69, 9.17) is 4.74 Å². The predicted molar refractivity (Wildman–Crippen MR) is 114 cm³/mol. The number of hydrogen-bond acceptors (Lipinski definition) is 4. The molecule has 0 aromatic heterocycles. The van der Waals surface area contributed by atoms with Crippen LogP contribution in [0.4, 0.5) is 18.9 Å². The van der Waals surface area contributed by atoms with Crippen molar-refractivity contribution in [2.45, 2.75) is 13.1 Å². The number of aldehydes is 1. The molecule has 0 aliphatic carbocycles. The second-order valence-corrected chi connectivity index (χ2v) is 7.63. The molecule has 162 valence electrons. The maximum atomic E-state index is 13.3. The van der Waals surface area contributed by atoms with Crippen LogP contribution >= 0.6 is 0 Å². The van der Waals surface area contributed by atoms with Crippen molar-refractivity contribution >= 4 is 17.5 Å². The molecule has 2 aliphatic heterocycles. The average molecular weight is 428 g/mol. The molecular weight excluding hydrogens is 405 g/mol. The van der Waals surface area contributed by atoms with E-state index < -0.39 is 11.7 Å². The molecule has 0 saturated carbocycles. The van der Waals surface area contributed by atoms with Gasteiger partial charge in [-0.05, 0) is 42.3 Å². The van der Waals surface area contributed by atoms with Gasteiger partial charge in [0.1, 0.15) is 5.82 Å². The molecule has 0 atom stereocenters. The maximum Gasteiger partial charge on any atom is 0.416 e. The van der Waals surface area contributed by atoms with Crippen molar-refractivity contribution in [1.82, 2.24) is 4.90 Å². The number of allylic oxidation sites excluding steroid dienone is 2. The summed E-state index contributed by atoms with van der Waals surface area (Å²) in [7, 11) is 0. The highest BCUT2D eigenvalue weighted by Gasteiger charge is 2.32. The first kappa shape index (κ1) is 21.2. The summed E-state index contributed by atoms with van der Waals surface area (Å²) in [5.74, 6) is 0.804. The van der Waals surface area contributed by atoms with Crippen LogP contribution in [0.3, 0.4) is 0 Å². The first-order valence-corrected chi connectivity index (χ1v) is 10.1. The first-order chi connectivity index (χ1) is 14.9. The van der Waals surface area contributed by atoms with Gasteiger partial charge in [0.2, 0.25) is 0 Å². The van der Waals surface area contributed by atoms with E-state index in [0.29, 0.717) is 44.1 Å². The molecule has 0 unspecified atom stereocenters. The molecule has 31 heavy (non-hydrogen) atoms. The summed E-state index contributed by atoms with van der Waals surface area (Å²) in [5.41, 5.74) is 3.12. The largest absolute Gasteiger partial charge is 0.416 e. The second-order valence-electron chi connectivity index (χ2n) is 7.63. The van der Waals surface area contributed by atoms with Crippen LogP contribution in [-0.4, -0.2) is 44.0 Å². The number of carbonyl (C=O) groups is 1. The molecule has 2 heterocycles. The van der Waals surface area contributed by atoms with Crippen molar-refractivity contribution in [3.05, 3.63) is 82.7 Å². The van der Waals surface area contributed by atoms with Crippen molar-refractivity contribution in [3.63, 3.8) is 0 Å². The maximum absolute atomic E-state index is 13.3. The molecule has 1 fully saturated rings. The van der Waals surface area contributed by atoms with E-state index in [1.807, 2.05) is 36.1 Å². The molecule has 0 radical (unpaired) electrons. The monoisotopic (exact) mass is 428 g/mol. The minimum absolute atomic E-state index is 0.395. The summed E-state index contributed by atoms with van der Waals surface area (Å²) in [6.07, 6.45) is 0.329. The molecule has 4 nitrogen and oxygen atoms in total. The highest BCUT2D eigenvalue weighted by atomic mass is 19.4. The van der Waals surface area contributed by atoms with Gasteiger partial charge < -0.3 is 14.5 Å². The number of aryl methyl sites for hydroxylation is 1. The van der Waals surface area contributed by atoms with Crippen LogP contribution in [0.5, 0.6) is 0 Å². The fourth-order valence-corrected chi connectivity index (χ4v) is 3.91. The lowest BCUT2D eigenvalue weighted by Gasteiger charge is -2.39. The summed E-state index contributed by atoms with van der Waals surface area (Å²) < 4.78 is 45.3. The normalized spacial score (nSPS) is 17.3. The van der Waals surface area contributed by atoms with E-state index in [1.54, 1.807) is 12.1 Å². The van der Waals surface area contributed by atoms with Gasteiger partial charge in [0.25, 0.3) is 0 Å². The van der Waals surface area contributed by atoms with Crippen LogP contribution in [0, 0.1) is 6.92 Å². The molecule has 1 saturated heterocycles. The smallest absolute Gasteiger partial charge is 0.378 e. The molecule has 4 rings (SSSR count). The van der Waals surface area contributed by atoms with Crippen LogP contribution in [0.25, 0.3) is 5.57 Å². The number of rotatable bonds is 4. The third-order valence-corrected chi connectivity index (χ3v) is 5.52. The highest BCUT2D eigenvalue weighted by Crippen LogP contribution is 2.35. The van der Waals surface area contributed by atoms with Crippen molar-refractivity contribution in [1.29, 1.82) is 0 Å². The first-order valence-electron chi connectivity index (χ1n) is 10.1. The molecule has 0 N–H and O–H groups in total. The lowest BCUT2D eigenvalue weighted by molar-refractivity contribution is -0.137. The van der Waals surface area contributed by atoms with Gasteiger partial charge in [-0.25, -0.2) is 0 Å². The SMILES string of the molecule is Cc1ccc(C=O)c(C2=CCN(c3cccc(C(F)(F)F)c3)C(N3CCOCC3)=C2)c1. The molecule has 0 spiro atoms. The molecule has 7 heteroatoms. The molecular formula is C24H23F3N2O2. The Balaban J connectivity index is 1.76. The number of alkyl halides is 3. The fourth-order valence-electron chi connectivity index (χ4n) is 3.91. The molecule has 2 aliphatic rings. The van der Waals surface area contributed by atoms with Gasteiger partial charge in [-0.3, -0.25) is 4.79 Å². The number of anilines is 1. The Kier molecular flexibility index (Phi) is 5.87. The van der Waals surface area contributed by atoms with Crippen molar-refractivity contribution in [2.75, 3.05) is 37.7 Å². The number of ether oxygens (including phenoxy) is 1. The third kappa shape index (κ3) is 4.51. The summed E-state index contributed by atoms with van der Waals surface area (Å²) in [6.45, 7) is 4.74. The zero-order valence-corrected chi connectivity index (χ0v) is 17.2. The number of morpholine rings is 1. The van der Waals surface area contributed by atoms with Crippen LogP contribution in [0.2, 0.25) is 0 Å². The molecule has 0 bridgehead atoms. The Labute approximate surface area is 179 Å². The summed E-state index contributed by atoms with van der Waals surface area (Å²) in [6, 6.07) is 11.0. The van der Waals surface area contributed by atoms with Crippen molar-refractivity contribution in [2.24, 2.45) is 0 Å². The van der Waals surface area contributed by atoms with Gasteiger partial charge in [-0.2, -0.15) is 13.2 Å². The zero-order valence-electron chi connectivity index (χ0n) is 17.2. The number of carbonyl (C=O) groups excluding carboxylic acids is 1.